The molecule has 0 unspecified atom stereocenters. The number of aromatic amines is 2. The van der Waals surface area contributed by atoms with E-state index in [1.807, 2.05) is 54.6 Å². The predicted octanol–water partition coefficient (Wildman–Crippen LogP) is 6.33. The number of hydrogen-bond donors (Lipinski definition) is 2. The zero-order valence-electron chi connectivity index (χ0n) is 17.5. The largest absolute Gasteiger partial charge is 0.497 e. The topological polar surface area (TPSA) is 66.6 Å². The minimum absolute atomic E-state index is 0.827. The third-order valence-electron chi connectivity index (χ3n) is 5.55. The zero-order chi connectivity index (χ0) is 21.5. The molecule has 5 nitrogen and oxygen atoms in total. The molecule has 2 aliphatic rings. The highest BCUT2D eigenvalue weighted by atomic mass is 16.5. The van der Waals surface area contributed by atoms with Gasteiger partial charge in [0, 0.05) is 27.6 Å². The van der Waals surface area contributed by atoms with E-state index in [2.05, 4.69) is 51.4 Å². The number of aromatic nitrogens is 4. The van der Waals surface area contributed by atoms with Gasteiger partial charge in [0.2, 0.25) is 0 Å². The highest BCUT2D eigenvalue weighted by Crippen LogP contribution is 2.30. The van der Waals surface area contributed by atoms with E-state index in [1.165, 1.54) is 0 Å². The third kappa shape index (κ3) is 3.50. The summed E-state index contributed by atoms with van der Waals surface area (Å²) in [6, 6.07) is 22.6. The van der Waals surface area contributed by atoms with Crippen molar-refractivity contribution in [1.82, 2.24) is 19.9 Å². The zero-order valence-corrected chi connectivity index (χ0v) is 17.5. The Morgan fingerprint density at radius 3 is 2.06 bits per heavy atom. The average Bonchev–Trinajstić information content (AvgIpc) is 3.59. The Morgan fingerprint density at radius 2 is 1.31 bits per heavy atom. The van der Waals surface area contributed by atoms with E-state index in [4.69, 9.17) is 9.72 Å². The molecule has 5 heteroatoms. The molecule has 0 aliphatic carbocycles. The molecule has 6 rings (SSSR count). The van der Waals surface area contributed by atoms with Gasteiger partial charge >= 0.3 is 0 Å². The Hall–Kier alpha value is -4.38. The minimum Gasteiger partial charge on any atom is -0.497 e. The summed E-state index contributed by atoms with van der Waals surface area (Å²) in [4.78, 5) is 16.4. The Labute approximate surface area is 184 Å². The first-order valence-corrected chi connectivity index (χ1v) is 10.4. The summed E-state index contributed by atoms with van der Waals surface area (Å²) in [5.41, 5.74) is 9.77. The van der Waals surface area contributed by atoms with Gasteiger partial charge in [0.1, 0.15) is 5.75 Å². The lowest BCUT2D eigenvalue weighted by molar-refractivity contribution is 0.415. The van der Waals surface area contributed by atoms with Crippen molar-refractivity contribution in [2.45, 2.75) is 0 Å². The first kappa shape index (κ1) is 18.4. The molecule has 0 radical (unpaired) electrons. The Bertz CT molecular complexity index is 1570. The standard InChI is InChI=1S/C27H20N4O/c1-32-25-4-2-3-17(11-25)26-15-24-14-22-8-7-20(29-22)12-18-5-6-19(28-18)13-21-9-10-23(30-21)16-27(26)31-24/h2-16,29,31H,1H3. The number of H-pyrrole nitrogens is 2. The van der Waals surface area contributed by atoms with Gasteiger partial charge in [-0.15, -0.1) is 0 Å². The molecule has 0 amide bonds. The van der Waals surface area contributed by atoms with Crippen LogP contribution >= 0.6 is 0 Å². The van der Waals surface area contributed by atoms with Crippen LogP contribution in [0.1, 0.15) is 22.8 Å². The molecule has 5 heterocycles. The van der Waals surface area contributed by atoms with Crippen LogP contribution in [0, 0.1) is 0 Å². The van der Waals surface area contributed by atoms with Gasteiger partial charge in [-0.3, -0.25) is 0 Å². The third-order valence-corrected chi connectivity index (χ3v) is 5.55. The second-order valence-electron chi connectivity index (χ2n) is 7.82. The summed E-state index contributed by atoms with van der Waals surface area (Å²) < 4.78 is 5.44. The van der Waals surface area contributed by atoms with E-state index in [1.54, 1.807) is 7.11 Å². The molecule has 8 bridgehead atoms. The Kier molecular flexibility index (Phi) is 4.25. The van der Waals surface area contributed by atoms with Gasteiger partial charge in [-0.1, -0.05) is 12.1 Å². The first-order chi connectivity index (χ1) is 15.7. The van der Waals surface area contributed by atoms with Crippen LogP contribution in [0.15, 0.2) is 66.7 Å². The number of methoxy groups -OCH3 is 1. The van der Waals surface area contributed by atoms with Crippen LogP contribution in [0.5, 0.6) is 5.75 Å². The molecule has 2 aliphatic heterocycles. The predicted molar refractivity (Wildman–Crippen MR) is 131 cm³/mol. The van der Waals surface area contributed by atoms with Crippen LogP contribution in [0.4, 0.5) is 0 Å². The monoisotopic (exact) mass is 416 g/mol. The van der Waals surface area contributed by atoms with Crippen LogP contribution in [0.3, 0.4) is 0 Å². The lowest BCUT2D eigenvalue weighted by atomic mass is 10.1. The van der Waals surface area contributed by atoms with Crippen molar-refractivity contribution in [1.29, 1.82) is 0 Å². The quantitative estimate of drug-likeness (QED) is 0.346. The fraction of sp³-hybridized carbons (Fsp3) is 0.0370. The fourth-order valence-corrected chi connectivity index (χ4v) is 4.05. The second-order valence-corrected chi connectivity index (χ2v) is 7.82. The van der Waals surface area contributed by atoms with Gasteiger partial charge in [0.15, 0.2) is 0 Å². The highest BCUT2D eigenvalue weighted by Gasteiger charge is 2.08. The number of rotatable bonds is 2. The summed E-state index contributed by atoms with van der Waals surface area (Å²) in [5.74, 6) is 0.827. The second kappa shape index (κ2) is 7.39. The van der Waals surface area contributed by atoms with Crippen LogP contribution in [-0.2, 0) is 0 Å². The number of benzene rings is 1. The summed E-state index contributed by atoms with van der Waals surface area (Å²) in [6.07, 6.45) is 8.06. The molecule has 0 fully saturated rings. The molecule has 0 saturated heterocycles. The van der Waals surface area contributed by atoms with Crippen molar-refractivity contribution in [3.8, 4) is 16.9 Å². The van der Waals surface area contributed by atoms with Gasteiger partial charge in [-0.25, -0.2) is 9.97 Å². The average molecular weight is 416 g/mol. The highest BCUT2D eigenvalue weighted by molar-refractivity contribution is 5.88. The van der Waals surface area contributed by atoms with E-state index >= 15 is 0 Å². The lowest BCUT2D eigenvalue weighted by Gasteiger charge is -2.03. The molecular weight excluding hydrogens is 396 g/mol. The van der Waals surface area contributed by atoms with Gasteiger partial charge in [-0.05, 0) is 84.5 Å². The maximum atomic E-state index is 5.44. The molecule has 2 N–H and O–H groups in total. The number of nitrogens with one attached hydrogen (secondary N) is 2. The van der Waals surface area contributed by atoms with Crippen molar-refractivity contribution in [2.24, 2.45) is 0 Å². The fourth-order valence-electron chi connectivity index (χ4n) is 4.05. The SMILES string of the molecule is COc1cccc(-c2cc3cc4ccc(cc5nc(cc6nc(cc2[nH]3)C=C6)C=C5)[nH]4)c1. The molecule has 0 atom stereocenters. The van der Waals surface area contributed by atoms with E-state index in [0.29, 0.717) is 0 Å². The molecule has 3 aromatic heterocycles. The number of nitrogens with zero attached hydrogens (tertiary/aromatic N) is 2. The van der Waals surface area contributed by atoms with Crippen LogP contribution in [0.25, 0.3) is 57.5 Å². The Morgan fingerprint density at radius 1 is 0.625 bits per heavy atom. The van der Waals surface area contributed by atoms with Crippen LogP contribution in [-0.4, -0.2) is 27.0 Å². The van der Waals surface area contributed by atoms with Crippen molar-refractivity contribution in [3.05, 3.63) is 89.5 Å². The minimum atomic E-state index is 0.827. The van der Waals surface area contributed by atoms with Crippen molar-refractivity contribution in [3.63, 3.8) is 0 Å². The van der Waals surface area contributed by atoms with E-state index in [-0.39, 0.29) is 0 Å². The maximum absolute atomic E-state index is 5.44. The van der Waals surface area contributed by atoms with Gasteiger partial charge in [0.05, 0.1) is 29.9 Å². The van der Waals surface area contributed by atoms with Crippen LogP contribution in [0.2, 0.25) is 0 Å². The summed E-state index contributed by atoms with van der Waals surface area (Å²) in [6.45, 7) is 0. The lowest BCUT2D eigenvalue weighted by Crippen LogP contribution is -1.83. The van der Waals surface area contributed by atoms with Crippen molar-refractivity contribution >= 4 is 46.4 Å². The van der Waals surface area contributed by atoms with E-state index in [0.717, 1.165) is 61.7 Å². The molecule has 4 aromatic rings. The number of hydrogen-bond acceptors (Lipinski definition) is 3. The molecule has 0 spiro atoms. The molecule has 154 valence electrons. The summed E-state index contributed by atoms with van der Waals surface area (Å²) in [7, 11) is 1.69. The number of ether oxygens (including phenoxy) is 1. The van der Waals surface area contributed by atoms with Crippen molar-refractivity contribution in [2.75, 3.05) is 7.11 Å². The normalized spacial score (nSPS) is 12.3. The van der Waals surface area contributed by atoms with Gasteiger partial charge in [-0.2, -0.15) is 0 Å². The summed E-state index contributed by atoms with van der Waals surface area (Å²) >= 11 is 0. The maximum Gasteiger partial charge on any atom is 0.119 e. The first-order valence-electron chi connectivity index (χ1n) is 10.4. The van der Waals surface area contributed by atoms with Crippen LogP contribution < -0.4 is 4.74 Å². The van der Waals surface area contributed by atoms with Gasteiger partial charge < -0.3 is 14.7 Å². The van der Waals surface area contributed by atoms with E-state index < -0.39 is 0 Å². The number of fused-ring (bicyclic) bond motifs is 8. The van der Waals surface area contributed by atoms with E-state index in [9.17, 15) is 0 Å². The molecule has 0 saturated carbocycles. The van der Waals surface area contributed by atoms with Gasteiger partial charge in [0.25, 0.3) is 0 Å². The molecule has 32 heavy (non-hydrogen) atoms. The molecular formula is C27H20N4O. The summed E-state index contributed by atoms with van der Waals surface area (Å²) in [5, 5.41) is 0. The molecule has 1 aromatic carbocycles. The van der Waals surface area contributed by atoms with Crippen molar-refractivity contribution < 1.29 is 4.74 Å². The Balaban J connectivity index is 1.66. The smallest absolute Gasteiger partial charge is 0.119 e.